The SMILES string of the molecule is CCOS(=O)(=O)OOc1ccc(Cl)cc1Cl.[H-].[Na+]. The molecule has 17 heavy (non-hydrogen) atoms. The maximum atomic E-state index is 10.9. The summed E-state index contributed by atoms with van der Waals surface area (Å²) in [5.41, 5.74) is 0. The summed E-state index contributed by atoms with van der Waals surface area (Å²) >= 11 is 11.3. The van der Waals surface area contributed by atoms with Gasteiger partial charge in [0.1, 0.15) is 0 Å². The Morgan fingerprint density at radius 1 is 1.35 bits per heavy atom. The third-order valence-corrected chi connectivity index (χ3v) is 2.65. The first-order chi connectivity index (χ1) is 7.44. The first-order valence-corrected chi connectivity index (χ1v) is 6.24. The van der Waals surface area contributed by atoms with Gasteiger partial charge in [-0.25, -0.2) is 4.18 Å². The van der Waals surface area contributed by atoms with Crippen LogP contribution in [-0.2, 0) is 18.9 Å². The van der Waals surface area contributed by atoms with Crippen molar-refractivity contribution >= 4 is 33.6 Å². The molecule has 0 aliphatic rings. The van der Waals surface area contributed by atoms with Crippen molar-refractivity contribution in [2.24, 2.45) is 0 Å². The molecule has 0 aliphatic heterocycles. The molecule has 1 aromatic carbocycles. The molecule has 0 atom stereocenters. The summed E-state index contributed by atoms with van der Waals surface area (Å²) in [7, 11) is -4.17. The van der Waals surface area contributed by atoms with Gasteiger partial charge < -0.3 is 6.31 Å². The number of hydrogen-bond acceptors (Lipinski definition) is 5. The minimum atomic E-state index is -4.17. The molecule has 0 saturated carbocycles. The van der Waals surface area contributed by atoms with Crippen molar-refractivity contribution in [2.45, 2.75) is 6.92 Å². The van der Waals surface area contributed by atoms with Crippen LogP contribution in [0.2, 0.25) is 10.0 Å². The van der Waals surface area contributed by atoms with Crippen molar-refractivity contribution in [1.82, 2.24) is 0 Å². The van der Waals surface area contributed by atoms with Crippen LogP contribution in [0.3, 0.4) is 0 Å². The topological polar surface area (TPSA) is 61.8 Å². The zero-order valence-electron chi connectivity index (χ0n) is 10.1. The Morgan fingerprint density at radius 3 is 2.53 bits per heavy atom. The first-order valence-electron chi connectivity index (χ1n) is 4.15. The monoisotopic (exact) mass is 310 g/mol. The van der Waals surface area contributed by atoms with E-state index in [1.165, 1.54) is 25.1 Å². The zero-order valence-corrected chi connectivity index (χ0v) is 13.5. The quantitative estimate of drug-likeness (QED) is 0.424. The van der Waals surface area contributed by atoms with Crippen molar-refractivity contribution in [3.05, 3.63) is 28.2 Å². The van der Waals surface area contributed by atoms with E-state index in [1.807, 2.05) is 0 Å². The number of rotatable bonds is 5. The van der Waals surface area contributed by atoms with Gasteiger partial charge in [-0.15, -0.1) is 0 Å². The summed E-state index contributed by atoms with van der Waals surface area (Å²) in [5.74, 6) is 0.0225. The van der Waals surface area contributed by atoms with E-state index in [9.17, 15) is 8.42 Å². The van der Waals surface area contributed by atoms with Gasteiger partial charge in [0, 0.05) is 5.02 Å². The summed E-state index contributed by atoms with van der Waals surface area (Å²) < 4.78 is 30.3. The molecule has 9 heteroatoms. The van der Waals surface area contributed by atoms with Crippen LogP contribution >= 0.6 is 23.2 Å². The number of halogens is 2. The Bertz CT molecular complexity index is 471. The van der Waals surface area contributed by atoms with E-state index in [2.05, 4.69) is 13.4 Å². The predicted octanol–water partition coefficient (Wildman–Crippen LogP) is -0.298. The van der Waals surface area contributed by atoms with Crippen LogP contribution in [0.25, 0.3) is 0 Å². The molecule has 0 saturated heterocycles. The normalized spacial score (nSPS) is 10.8. The van der Waals surface area contributed by atoms with E-state index >= 15 is 0 Å². The molecule has 0 amide bonds. The molecule has 0 bridgehead atoms. The molecule has 1 rings (SSSR count). The molecule has 0 aromatic heterocycles. The molecule has 0 aliphatic carbocycles. The van der Waals surface area contributed by atoms with E-state index in [0.29, 0.717) is 5.02 Å². The molecular weight excluding hydrogens is 302 g/mol. The van der Waals surface area contributed by atoms with Crippen LogP contribution in [0.15, 0.2) is 18.2 Å². The van der Waals surface area contributed by atoms with Crippen LogP contribution < -0.4 is 34.4 Å². The Balaban J connectivity index is 0. The fraction of sp³-hybridized carbons (Fsp3) is 0.250. The summed E-state index contributed by atoms with van der Waals surface area (Å²) in [5, 5.41) is 0.518. The van der Waals surface area contributed by atoms with Crippen LogP contribution in [-0.4, -0.2) is 15.0 Å². The van der Waals surface area contributed by atoms with Crippen molar-refractivity contribution in [1.29, 1.82) is 0 Å². The minimum Gasteiger partial charge on any atom is -1.00 e. The van der Waals surface area contributed by atoms with Crippen LogP contribution in [0.4, 0.5) is 0 Å². The van der Waals surface area contributed by atoms with Gasteiger partial charge in [0.05, 0.1) is 11.6 Å². The molecule has 0 fully saturated rings. The van der Waals surface area contributed by atoms with Gasteiger partial charge in [0.25, 0.3) is 0 Å². The summed E-state index contributed by atoms with van der Waals surface area (Å²) in [6.45, 7) is 1.44. The molecule has 0 heterocycles. The van der Waals surface area contributed by atoms with Crippen LogP contribution in [0.5, 0.6) is 5.75 Å². The van der Waals surface area contributed by atoms with Gasteiger partial charge in [-0.1, -0.05) is 23.2 Å². The van der Waals surface area contributed by atoms with Gasteiger partial charge in [-0.05, 0) is 29.5 Å². The molecule has 0 spiro atoms. The van der Waals surface area contributed by atoms with E-state index in [0.717, 1.165) is 0 Å². The summed E-state index contributed by atoms with van der Waals surface area (Å²) in [4.78, 5) is 4.51. The second-order valence-corrected chi connectivity index (χ2v) is 4.57. The van der Waals surface area contributed by atoms with Crippen molar-refractivity contribution < 1.29 is 52.8 Å². The molecule has 0 unspecified atom stereocenters. The third-order valence-electron chi connectivity index (χ3n) is 1.36. The Kier molecular flexibility index (Phi) is 8.02. The first kappa shape index (κ1) is 17.5. The van der Waals surface area contributed by atoms with Crippen LogP contribution in [0, 0.1) is 0 Å². The standard InChI is InChI=1S/C8H8Cl2O5S.Na.H/c1-2-13-16(11,12)15-14-8-4-3-6(9)5-7(8)10;;/h3-5H,2H2,1H3;;/q;+1;-1. The average Bonchev–Trinajstić information content (AvgIpc) is 2.16. The van der Waals surface area contributed by atoms with E-state index in [4.69, 9.17) is 23.2 Å². The van der Waals surface area contributed by atoms with Gasteiger partial charge in [-0.2, -0.15) is 8.42 Å². The van der Waals surface area contributed by atoms with Crippen molar-refractivity contribution in [2.75, 3.05) is 6.61 Å². The zero-order chi connectivity index (χ0) is 12.2. The molecular formula is C8H9Cl2NaO5S. The molecule has 0 radical (unpaired) electrons. The second-order valence-electron chi connectivity index (χ2n) is 2.54. The molecule has 1 aromatic rings. The Labute approximate surface area is 133 Å². The fourth-order valence-corrected chi connectivity index (χ4v) is 1.71. The third kappa shape index (κ3) is 6.26. The van der Waals surface area contributed by atoms with Crippen LogP contribution in [0.1, 0.15) is 8.35 Å². The van der Waals surface area contributed by atoms with Crippen molar-refractivity contribution in [3.63, 3.8) is 0 Å². The average molecular weight is 311 g/mol. The predicted molar refractivity (Wildman–Crippen MR) is 59.8 cm³/mol. The van der Waals surface area contributed by atoms with Gasteiger partial charge >= 0.3 is 40.0 Å². The molecule has 0 N–H and O–H groups in total. The Hall–Kier alpha value is 0.470. The summed E-state index contributed by atoms with van der Waals surface area (Å²) in [6.07, 6.45) is 0. The van der Waals surface area contributed by atoms with E-state index < -0.39 is 10.4 Å². The summed E-state index contributed by atoms with van der Waals surface area (Å²) in [6, 6.07) is 4.22. The number of hydrogen-bond donors (Lipinski definition) is 0. The Morgan fingerprint density at radius 2 is 2.00 bits per heavy atom. The molecule has 5 nitrogen and oxygen atoms in total. The van der Waals surface area contributed by atoms with E-state index in [1.54, 1.807) is 0 Å². The van der Waals surface area contributed by atoms with Gasteiger partial charge in [-0.3, -0.25) is 0 Å². The molecule has 92 valence electrons. The van der Waals surface area contributed by atoms with Gasteiger partial charge in [0.2, 0.25) is 0 Å². The largest absolute Gasteiger partial charge is 1.00 e. The van der Waals surface area contributed by atoms with Crippen molar-refractivity contribution in [3.8, 4) is 5.75 Å². The number of benzene rings is 1. The fourth-order valence-electron chi connectivity index (χ4n) is 0.785. The second kappa shape index (κ2) is 7.81. The maximum Gasteiger partial charge on any atom is 1.00 e. The maximum absolute atomic E-state index is 10.9. The van der Waals surface area contributed by atoms with Gasteiger partial charge in [0.15, 0.2) is 5.75 Å². The smallest absolute Gasteiger partial charge is 1.00 e. The van der Waals surface area contributed by atoms with E-state index in [-0.39, 0.29) is 48.4 Å². The minimum absolute atomic E-state index is 0.